The molecular weight excluding hydrogens is 198 g/mol. The summed E-state index contributed by atoms with van der Waals surface area (Å²) in [6, 6.07) is 0.395. The molecule has 2 saturated carbocycles. The second kappa shape index (κ2) is 3.99. The van der Waals surface area contributed by atoms with Gasteiger partial charge in [-0.15, -0.1) is 0 Å². The Kier molecular flexibility index (Phi) is 2.75. The fraction of sp³-hybridized carbons (Fsp3) is 1.00. The normalized spacial score (nSPS) is 36.9. The second-order valence-corrected chi connectivity index (χ2v) is 6.49. The molecule has 2 spiro atoms. The summed E-state index contributed by atoms with van der Waals surface area (Å²) < 4.78 is 6.10. The van der Waals surface area contributed by atoms with Gasteiger partial charge in [-0.2, -0.15) is 0 Å². The van der Waals surface area contributed by atoms with Crippen LogP contribution >= 0.6 is 0 Å². The molecule has 16 heavy (non-hydrogen) atoms. The van der Waals surface area contributed by atoms with E-state index in [9.17, 15) is 0 Å². The molecule has 0 radical (unpaired) electrons. The zero-order chi connectivity index (χ0) is 11.1. The molecule has 0 aromatic carbocycles. The Morgan fingerprint density at radius 2 is 1.62 bits per heavy atom. The quantitative estimate of drug-likeness (QED) is 0.685. The molecule has 2 nitrogen and oxygen atoms in total. The summed E-state index contributed by atoms with van der Waals surface area (Å²) in [6.07, 6.45) is 13.4. The summed E-state index contributed by atoms with van der Waals surface area (Å²) in [5, 5.41) is 0. The first-order valence-corrected chi connectivity index (χ1v) is 7.12. The van der Waals surface area contributed by atoms with Crippen LogP contribution in [0.15, 0.2) is 0 Å². The Hall–Kier alpha value is -0.0800. The van der Waals surface area contributed by atoms with E-state index < -0.39 is 0 Å². The van der Waals surface area contributed by atoms with Crippen LogP contribution in [0, 0.1) is 5.41 Å². The highest BCUT2D eigenvalue weighted by Crippen LogP contribution is 2.53. The highest BCUT2D eigenvalue weighted by Gasteiger charge is 2.46. The fourth-order valence-electron chi connectivity index (χ4n) is 4.28. The Morgan fingerprint density at radius 3 is 2.25 bits per heavy atom. The highest BCUT2D eigenvalue weighted by atomic mass is 16.5. The van der Waals surface area contributed by atoms with Crippen LogP contribution in [0.4, 0.5) is 0 Å². The zero-order valence-electron chi connectivity index (χ0n) is 10.3. The van der Waals surface area contributed by atoms with E-state index in [0.29, 0.717) is 6.04 Å². The van der Waals surface area contributed by atoms with E-state index in [-0.39, 0.29) is 5.60 Å². The van der Waals surface area contributed by atoms with E-state index in [1.165, 1.54) is 51.4 Å². The van der Waals surface area contributed by atoms with Crippen LogP contribution < -0.4 is 5.73 Å². The first-order chi connectivity index (χ1) is 7.72. The average Bonchev–Trinajstić information content (AvgIpc) is 2.73. The zero-order valence-corrected chi connectivity index (χ0v) is 10.3. The molecule has 92 valence electrons. The van der Waals surface area contributed by atoms with Gasteiger partial charge in [0.05, 0.1) is 5.60 Å². The predicted molar refractivity (Wildman–Crippen MR) is 65.3 cm³/mol. The summed E-state index contributed by atoms with van der Waals surface area (Å²) in [7, 11) is 0. The van der Waals surface area contributed by atoms with Gasteiger partial charge < -0.3 is 10.5 Å². The van der Waals surface area contributed by atoms with Crippen LogP contribution in [0.3, 0.4) is 0 Å². The van der Waals surface area contributed by atoms with E-state index in [1.807, 2.05) is 0 Å². The molecular formula is C14H25NO. The van der Waals surface area contributed by atoms with Gasteiger partial charge >= 0.3 is 0 Å². The third-order valence-electron chi connectivity index (χ3n) is 5.42. The van der Waals surface area contributed by atoms with Gasteiger partial charge in [0, 0.05) is 12.6 Å². The third kappa shape index (κ3) is 1.91. The lowest BCUT2D eigenvalue weighted by molar-refractivity contribution is -0.122. The fourth-order valence-corrected chi connectivity index (χ4v) is 4.28. The summed E-state index contributed by atoms with van der Waals surface area (Å²) in [5.74, 6) is 0. The van der Waals surface area contributed by atoms with Crippen molar-refractivity contribution in [1.82, 2.24) is 0 Å². The summed E-state index contributed by atoms with van der Waals surface area (Å²) >= 11 is 0. The van der Waals surface area contributed by atoms with Crippen molar-refractivity contribution >= 4 is 0 Å². The highest BCUT2D eigenvalue weighted by molar-refractivity contribution is 4.98. The molecule has 1 aliphatic heterocycles. The lowest BCUT2D eigenvalue weighted by Gasteiger charge is -2.48. The number of ether oxygens (including phenoxy) is 1. The minimum atomic E-state index is 0.186. The molecule has 0 amide bonds. The van der Waals surface area contributed by atoms with E-state index in [2.05, 4.69) is 0 Å². The topological polar surface area (TPSA) is 35.2 Å². The smallest absolute Gasteiger partial charge is 0.0697 e. The van der Waals surface area contributed by atoms with Gasteiger partial charge in [-0.05, 0) is 56.8 Å². The number of nitrogens with two attached hydrogens (primary N) is 1. The van der Waals surface area contributed by atoms with Crippen LogP contribution in [0.5, 0.6) is 0 Å². The van der Waals surface area contributed by atoms with E-state index in [1.54, 1.807) is 0 Å². The lowest BCUT2D eigenvalue weighted by Crippen LogP contribution is -2.48. The molecule has 1 heterocycles. The van der Waals surface area contributed by atoms with Crippen LogP contribution in [-0.4, -0.2) is 18.2 Å². The van der Waals surface area contributed by atoms with Crippen molar-refractivity contribution in [3.05, 3.63) is 0 Å². The van der Waals surface area contributed by atoms with Gasteiger partial charge in [0.15, 0.2) is 0 Å². The molecule has 2 aliphatic carbocycles. The molecule has 3 fully saturated rings. The number of rotatable bonds is 0. The predicted octanol–water partition coefficient (Wildman–Crippen LogP) is 3.00. The minimum Gasteiger partial charge on any atom is -0.375 e. The molecule has 2 N–H and O–H groups in total. The van der Waals surface area contributed by atoms with Crippen molar-refractivity contribution in [2.45, 2.75) is 75.9 Å². The maximum atomic E-state index is 6.11. The Labute approximate surface area is 98.9 Å². The van der Waals surface area contributed by atoms with Crippen molar-refractivity contribution in [1.29, 1.82) is 0 Å². The van der Waals surface area contributed by atoms with E-state index in [4.69, 9.17) is 10.5 Å². The molecule has 3 aliphatic rings. The van der Waals surface area contributed by atoms with Crippen molar-refractivity contribution < 1.29 is 4.74 Å². The van der Waals surface area contributed by atoms with Crippen molar-refractivity contribution in [2.24, 2.45) is 11.1 Å². The Balaban J connectivity index is 1.64. The molecule has 2 heteroatoms. The number of hydrogen-bond acceptors (Lipinski definition) is 2. The maximum absolute atomic E-state index is 6.11. The van der Waals surface area contributed by atoms with Gasteiger partial charge in [0.25, 0.3) is 0 Å². The molecule has 1 atom stereocenters. The molecule has 1 saturated heterocycles. The lowest BCUT2D eigenvalue weighted by atomic mass is 9.65. The van der Waals surface area contributed by atoms with E-state index in [0.717, 1.165) is 24.9 Å². The van der Waals surface area contributed by atoms with Crippen LogP contribution in [0.1, 0.15) is 64.2 Å². The van der Waals surface area contributed by atoms with Crippen molar-refractivity contribution in [2.75, 3.05) is 6.61 Å². The van der Waals surface area contributed by atoms with Gasteiger partial charge in [0.1, 0.15) is 0 Å². The monoisotopic (exact) mass is 223 g/mol. The average molecular weight is 223 g/mol. The third-order valence-corrected chi connectivity index (χ3v) is 5.42. The van der Waals surface area contributed by atoms with Crippen LogP contribution in [0.2, 0.25) is 0 Å². The Bertz CT molecular complexity index is 247. The molecule has 0 aromatic heterocycles. The van der Waals surface area contributed by atoms with Crippen LogP contribution in [-0.2, 0) is 4.74 Å². The standard InChI is InChI=1S/C14H25NO/c15-12-3-10-16-14(11-12)8-6-13(7-9-14)4-1-2-5-13/h12H,1-11,15H2. The molecule has 0 aromatic rings. The summed E-state index contributed by atoms with van der Waals surface area (Å²) in [6.45, 7) is 0.897. The van der Waals surface area contributed by atoms with Gasteiger partial charge in [-0.1, -0.05) is 12.8 Å². The van der Waals surface area contributed by atoms with Crippen molar-refractivity contribution in [3.63, 3.8) is 0 Å². The number of hydrogen-bond donors (Lipinski definition) is 1. The van der Waals surface area contributed by atoms with Gasteiger partial charge in [0.2, 0.25) is 0 Å². The first-order valence-electron chi connectivity index (χ1n) is 7.12. The van der Waals surface area contributed by atoms with Gasteiger partial charge in [-0.25, -0.2) is 0 Å². The van der Waals surface area contributed by atoms with E-state index >= 15 is 0 Å². The van der Waals surface area contributed by atoms with Gasteiger partial charge in [-0.3, -0.25) is 0 Å². The molecule has 0 bridgehead atoms. The molecule has 3 rings (SSSR count). The molecule has 1 unspecified atom stereocenters. The largest absolute Gasteiger partial charge is 0.375 e. The summed E-state index contributed by atoms with van der Waals surface area (Å²) in [5.41, 5.74) is 7.01. The maximum Gasteiger partial charge on any atom is 0.0697 e. The second-order valence-electron chi connectivity index (χ2n) is 6.49. The van der Waals surface area contributed by atoms with Crippen molar-refractivity contribution in [3.8, 4) is 0 Å². The summed E-state index contributed by atoms with van der Waals surface area (Å²) in [4.78, 5) is 0. The van der Waals surface area contributed by atoms with Crippen LogP contribution in [0.25, 0.3) is 0 Å². The Morgan fingerprint density at radius 1 is 0.938 bits per heavy atom. The first kappa shape index (κ1) is 11.0. The SMILES string of the molecule is NC1CCOC2(CCC3(CCCC3)CC2)C1. The minimum absolute atomic E-state index is 0.186.